The van der Waals surface area contributed by atoms with E-state index in [1.54, 1.807) is 20.3 Å². The summed E-state index contributed by atoms with van der Waals surface area (Å²) in [6.07, 6.45) is 9.41. The van der Waals surface area contributed by atoms with Crippen LogP contribution in [-0.4, -0.2) is 55.6 Å². The maximum Gasteiger partial charge on any atom is 0.323 e. The fourth-order valence-corrected chi connectivity index (χ4v) is 5.45. The molecule has 0 aliphatic rings. The van der Waals surface area contributed by atoms with Gasteiger partial charge in [-0.2, -0.15) is 9.97 Å². The first kappa shape index (κ1) is 37.7. The molecule has 52 heavy (non-hydrogen) atoms. The molecule has 5 rings (SSSR count). The first-order chi connectivity index (χ1) is 25.6. The molecule has 5 aromatic rings. The average Bonchev–Trinajstić information content (AvgIpc) is 3.20. The molecule has 0 amide bonds. The van der Waals surface area contributed by atoms with Crippen LogP contribution in [0.25, 0.3) is 28.3 Å². The highest BCUT2D eigenvalue weighted by Gasteiger charge is 2.08. The largest absolute Gasteiger partial charge is 0.497 e. The Bertz CT molecular complexity index is 1640. The molecule has 0 radical (unpaired) electrons. The molecule has 0 unspecified atom stereocenters. The average molecular weight is 704 g/mol. The Morgan fingerprint density at radius 2 is 0.712 bits per heavy atom. The third kappa shape index (κ3) is 12.3. The van der Waals surface area contributed by atoms with Crippen molar-refractivity contribution in [3.63, 3.8) is 0 Å². The Labute approximate surface area is 307 Å². The van der Waals surface area contributed by atoms with Gasteiger partial charge < -0.3 is 28.4 Å². The van der Waals surface area contributed by atoms with Crippen LogP contribution in [0.1, 0.15) is 57.2 Å². The zero-order chi connectivity index (χ0) is 36.2. The maximum absolute atomic E-state index is 5.94. The van der Waals surface area contributed by atoms with Crippen LogP contribution in [0.3, 0.4) is 0 Å². The Hall–Kier alpha value is -5.57. The van der Waals surface area contributed by atoms with Gasteiger partial charge in [-0.3, -0.25) is 0 Å². The number of methoxy groups -OCH3 is 2. The number of hydrogen-bond donors (Lipinski definition) is 0. The van der Waals surface area contributed by atoms with Crippen LogP contribution in [0.4, 0.5) is 0 Å². The third-order valence-corrected chi connectivity index (χ3v) is 8.43. The molecule has 0 bridgehead atoms. The van der Waals surface area contributed by atoms with Crippen molar-refractivity contribution in [3.8, 4) is 57.3 Å². The normalized spacial score (nSPS) is 10.7. The molecule has 272 valence electrons. The summed E-state index contributed by atoms with van der Waals surface area (Å²) < 4.78 is 34.0. The van der Waals surface area contributed by atoms with E-state index in [-0.39, 0.29) is 12.0 Å². The fraction of sp³-hybridized carbons (Fsp3) is 0.326. The van der Waals surface area contributed by atoms with Crippen molar-refractivity contribution < 1.29 is 28.4 Å². The highest BCUT2D eigenvalue weighted by atomic mass is 16.5. The Morgan fingerprint density at radius 1 is 0.404 bits per heavy atom. The van der Waals surface area contributed by atoms with Gasteiger partial charge in [0.1, 0.15) is 23.0 Å². The molecule has 0 N–H and O–H groups in total. The number of ether oxygens (including phenoxy) is 6. The molecular formula is C43H49N3O6. The van der Waals surface area contributed by atoms with Crippen molar-refractivity contribution in [2.75, 3.05) is 40.6 Å². The Kier molecular flexibility index (Phi) is 15.2. The monoisotopic (exact) mass is 703 g/mol. The summed E-state index contributed by atoms with van der Waals surface area (Å²) in [6.45, 7) is 6.17. The second kappa shape index (κ2) is 20.9. The van der Waals surface area contributed by atoms with Crippen LogP contribution in [0.5, 0.6) is 35.0 Å². The first-order valence-corrected chi connectivity index (χ1v) is 18.0. The van der Waals surface area contributed by atoms with Gasteiger partial charge in [-0.25, -0.2) is 0 Å². The molecule has 0 atom stereocenters. The molecule has 0 spiro atoms. The van der Waals surface area contributed by atoms with Gasteiger partial charge in [0.05, 0.1) is 40.6 Å². The summed E-state index contributed by atoms with van der Waals surface area (Å²) in [5.74, 6) is 3.89. The molecule has 0 saturated heterocycles. The number of benzene rings is 4. The van der Waals surface area contributed by atoms with Gasteiger partial charge in [0.2, 0.25) is 0 Å². The summed E-state index contributed by atoms with van der Waals surface area (Å²) in [7, 11) is 3.35. The van der Waals surface area contributed by atoms with E-state index in [1.807, 2.05) is 48.5 Å². The number of rotatable bonds is 23. The zero-order valence-corrected chi connectivity index (χ0v) is 30.3. The second-order valence-corrected chi connectivity index (χ2v) is 12.2. The first-order valence-electron chi connectivity index (χ1n) is 18.0. The molecular weight excluding hydrogens is 654 g/mol. The molecule has 1 aromatic heterocycles. The molecule has 1 heterocycles. The van der Waals surface area contributed by atoms with E-state index in [0.29, 0.717) is 32.3 Å². The van der Waals surface area contributed by atoms with Crippen LogP contribution in [0.2, 0.25) is 0 Å². The summed E-state index contributed by atoms with van der Waals surface area (Å²) >= 11 is 0. The van der Waals surface area contributed by atoms with Gasteiger partial charge in [-0.15, -0.1) is 4.98 Å². The third-order valence-electron chi connectivity index (χ3n) is 8.43. The van der Waals surface area contributed by atoms with Crippen LogP contribution >= 0.6 is 0 Å². The minimum atomic E-state index is 0.260. The van der Waals surface area contributed by atoms with Crippen LogP contribution in [0, 0.1) is 0 Å². The smallest absolute Gasteiger partial charge is 0.323 e. The van der Waals surface area contributed by atoms with Crippen molar-refractivity contribution in [1.29, 1.82) is 0 Å². The van der Waals surface area contributed by atoms with Crippen molar-refractivity contribution in [2.24, 2.45) is 0 Å². The van der Waals surface area contributed by atoms with Crippen LogP contribution in [-0.2, 0) is 0 Å². The van der Waals surface area contributed by atoms with Crippen LogP contribution in [0.15, 0.2) is 104 Å². The van der Waals surface area contributed by atoms with E-state index in [4.69, 9.17) is 28.4 Å². The number of unbranched alkanes of at least 4 members (excludes halogenated alkanes) is 6. The summed E-state index contributed by atoms with van der Waals surface area (Å²) in [5, 5.41) is 0. The van der Waals surface area contributed by atoms with E-state index >= 15 is 0 Å². The SMILES string of the molecule is C=Cc1nc(OCCCCCCOc2ccc(-c3ccc(OC)cc3)cc2)nc(OCCCCCCOc2ccc(-c3ccc(OC)cc3)cc2)n1. The number of hydrogen-bond acceptors (Lipinski definition) is 9. The van der Waals surface area contributed by atoms with Crippen molar-refractivity contribution in [1.82, 2.24) is 15.0 Å². The zero-order valence-electron chi connectivity index (χ0n) is 30.3. The predicted octanol–water partition coefficient (Wildman–Crippen LogP) is 9.90. The minimum Gasteiger partial charge on any atom is -0.497 e. The van der Waals surface area contributed by atoms with Crippen molar-refractivity contribution >= 4 is 6.08 Å². The summed E-state index contributed by atoms with van der Waals surface area (Å²) in [5.41, 5.74) is 4.58. The van der Waals surface area contributed by atoms with Crippen molar-refractivity contribution in [3.05, 3.63) is 109 Å². The molecule has 0 fully saturated rings. The van der Waals surface area contributed by atoms with E-state index in [1.165, 1.54) is 0 Å². The quantitative estimate of drug-likeness (QED) is 0.0616. The van der Waals surface area contributed by atoms with Crippen molar-refractivity contribution in [2.45, 2.75) is 51.4 Å². The lowest BCUT2D eigenvalue weighted by atomic mass is 10.1. The molecule has 0 saturated carbocycles. The van der Waals surface area contributed by atoms with Gasteiger partial charge in [0.25, 0.3) is 0 Å². The highest BCUT2D eigenvalue weighted by Crippen LogP contribution is 2.26. The maximum atomic E-state index is 5.94. The second-order valence-electron chi connectivity index (χ2n) is 12.2. The lowest BCUT2D eigenvalue weighted by Gasteiger charge is -2.09. The fourth-order valence-electron chi connectivity index (χ4n) is 5.45. The van der Waals surface area contributed by atoms with Gasteiger partial charge in [0.15, 0.2) is 5.82 Å². The predicted molar refractivity (Wildman–Crippen MR) is 206 cm³/mol. The molecule has 9 heteroatoms. The minimum absolute atomic E-state index is 0.260. The van der Waals surface area contributed by atoms with E-state index in [9.17, 15) is 0 Å². The molecule has 9 nitrogen and oxygen atoms in total. The van der Waals surface area contributed by atoms with Gasteiger partial charge in [-0.1, -0.05) is 55.1 Å². The molecule has 0 aliphatic heterocycles. The lowest BCUT2D eigenvalue weighted by molar-refractivity contribution is 0.248. The van der Waals surface area contributed by atoms with E-state index in [2.05, 4.69) is 70.1 Å². The number of nitrogens with zero attached hydrogens (tertiary/aromatic N) is 3. The van der Waals surface area contributed by atoms with E-state index in [0.717, 1.165) is 96.6 Å². The molecule has 4 aromatic carbocycles. The number of aromatic nitrogens is 3. The molecule has 0 aliphatic carbocycles. The lowest BCUT2D eigenvalue weighted by Crippen LogP contribution is -2.08. The van der Waals surface area contributed by atoms with Gasteiger partial charge >= 0.3 is 12.0 Å². The van der Waals surface area contributed by atoms with Gasteiger partial charge in [0, 0.05) is 0 Å². The highest BCUT2D eigenvalue weighted by molar-refractivity contribution is 5.65. The topological polar surface area (TPSA) is 94.1 Å². The van der Waals surface area contributed by atoms with Crippen LogP contribution < -0.4 is 28.4 Å². The Balaban J connectivity index is 0.895. The van der Waals surface area contributed by atoms with E-state index < -0.39 is 0 Å². The summed E-state index contributed by atoms with van der Waals surface area (Å²) in [6, 6.07) is 33.0. The standard InChI is InChI=1S/C43H49N3O6/c1-4-41-44-42(51-31-11-7-5-9-29-49-39-25-17-35(18-26-39)33-13-21-37(47-2)22-14-33)46-43(45-41)52-32-12-8-6-10-30-50-40-27-19-36(20-28-40)34-15-23-38(48-3)24-16-34/h4,13-28H,1,5-12,29-32H2,2-3H3. The Morgan fingerprint density at radius 3 is 1.02 bits per heavy atom. The van der Waals surface area contributed by atoms with Gasteiger partial charge in [-0.05, 0) is 128 Å². The summed E-state index contributed by atoms with van der Waals surface area (Å²) in [4.78, 5) is 13.0.